The van der Waals surface area contributed by atoms with Gasteiger partial charge >= 0.3 is 0 Å². The number of fused-ring (bicyclic) bond motifs is 3. The number of piperidine rings is 1. The number of benzene rings is 1. The summed E-state index contributed by atoms with van der Waals surface area (Å²) in [5, 5.41) is 0. The molecule has 3 rings (SSSR count). The maximum Gasteiger partial charge on any atom is 0.161 e. The van der Waals surface area contributed by atoms with Crippen LogP contribution in [-0.4, -0.2) is 37.8 Å². The molecule has 0 aromatic heterocycles. The standard InChI is InChI=1S/C19H27NO3.CH4/c1-12(2)7-14-11-20-6-5-13-8-18(22-3)19(23-4)9-15(13)16(20)10-17(14)21;/h8-9,12,14,16H,5-7,10-11H2,1-4H3;1H4/t14-,16-;/m1./s1/i3D3,4D3;. The number of ether oxygens (including phenoxy) is 2. The van der Waals surface area contributed by atoms with Crippen LogP contribution in [0.4, 0.5) is 0 Å². The summed E-state index contributed by atoms with van der Waals surface area (Å²) in [6, 6.07) is 2.93. The summed E-state index contributed by atoms with van der Waals surface area (Å²) in [6.07, 6.45) is 1.88. The number of ketones is 1. The van der Waals surface area contributed by atoms with Crippen molar-refractivity contribution in [3.05, 3.63) is 23.3 Å². The first kappa shape index (κ1) is 11.9. The first-order valence-corrected chi connectivity index (χ1v) is 8.14. The molecule has 4 nitrogen and oxygen atoms in total. The Morgan fingerprint density at radius 1 is 1.29 bits per heavy atom. The van der Waals surface area contributed by atoms with Gasteiger partial charge in [-0.15, -0.1) is 0 Å². The zero-order valence-corrected chi connectivity index (χ0v) is 13.6. The van der Waals surface area contributed by atoms with E-state index in [-0.39, 0.29) is 36.7 Å². The quantitative estimate of drug-likeness (QED) is 0.834. The largest absolute Gasteiger partial charge is 0.493 e. The smallest absolute Gasteiger partial charge is 0.161 e. The number of rotatable bonds is 4. The van der Waals surface area contributed by atoms with E-state index in [0.29, 0.717) is 25.3 Å². The average Bonchev–Trinajstić information content (AvgIpc) is 2.53. The molecule has 1 fully saturated rings. The predicted octanol–water partition coefficient (Wildman–Crippen LogP) is 3.87. The van der Waals surface area contributed by atoms with Crippen LogP contribution in [0.25, 0.3) is 0 Å². The zero-order valence-electron chi connectivity index (χ0n) is 19.6. The van der Waals surface area contributed by atoms with Crippen LogP contribution < -0.4 is 9.47 Å². The van der Waals surface area contributed by atoms with Crippen LogP contribution in [0.1, 0.15) is 59.5 Å². The number of carbonyl (C=O) groups excluding carboxylic acids is 1. The third-order valence-corrected chi connectivity index (χ3v) is 4.95. The average molecular weight is 340 g/mol. The summed E-state index contributed by atoms with van der Waals surface area (Å²) < 4.78 is 54.3. The van der Waals surface area contributed by atoms with E-state index in [1.807, 2.05) is 0 Å². The highest BCUT2D eigenvalue weighted by atomic mass is 16.5. The predicted molar refractivity (Wildman–Crippen MR) is 96.9 cm³/mol. The van der Waals surface area contributed by atoms with Gasteiger partial charge in [0.1, 0.15) is 5.78 Å². The van der Waals surface area contributed by atoms with Crippen molar-refractivity contribution in [1.29, 1.82) is 0 Å². The van der Waals surface area contributed by atoms with Crippen LogP contribution in [0.3, 0.4) is 0 Å². The number of Topliss-reactive ketones (excluding diaryl/α,β-unsaturated/α-hetero) is 1. The van der Waals surface area contributed by atoms with Crippen LogP contribution in [0, 0.1) is 11.8 Å². The van der Waals surface area contributed by atoms with E-state index in [1.54, 1.807) is 6.07 Å². The molecule has 1 aromatic rings. The van der Waals surface area contributed by atoms with Crippen molar-refractivity contribution in [2.45, 2.75) is 46.6 Å². The summed E-state index contributed by atoms with van der Waals surface area (Å²) >= 11 is 0. The molecule has 0 bridgehead atoms. The molecule has 4 heteroatoms. The molecule has 2 aliphatic heterocycles. The zero-order chi connectivity index (χ0) is 21.6. The van der Waals surface area contributed by atoms with Crippen molar-refractivity contribution in [3.8, 4) is 11.5 Å². The van der Waals surface area contributed by atoms with Gasteiger partial charge in [0.15, 0.2) is 11.5 Å². The number of methoxy groups -OCH3 is 2. The Morgan fingerprint density at radius 3 is 2.67 bits per heavy atom. The normalized spacial score (nSPS) is 28.0. The van der Waals surface area contributed by atoms with Gasteiger partial charge in [0.25, 0.3) is 0 Å². The van der Waals surface area contributed by atoms with Gasteiger partial charge in [-0.3, -0.25) is 9.69 Å². The SMILES string of the molecule is C.[2H]C([2H])([2H])Oc1cc2c(cc1OC([2H])([2H])[2H])[C@H]1CC(=O)[C@H](CC(C)C)CN1CC2. The van der Waals surface area contributed by atoms with Crippen molar-refractivity contribution in [2.75, 3.05) is 27.2 Å². The minimum Gasteiger partial charge on any atom is -0.493 e. The fraction of sp³-hybridized carbons (Fsp3) is 0.650. The molecular formula is C20H31NO3. The molecule has 1 aromatic carbocycles. The van der Waals surface area contributed by atoms with E-state index in [4.69, 9.17) is 17.7 Å². The molecule has 0 N–H and O–H groups in total. The third-order valence-electron chi connectivity index (χ3n) is 4.95. The van der Waals surface area contributed by atoms with Crippen LogP contribution in [0.5, 0.6) is 11.5 Å². The molecule has 0 aliphatic carbocycles. The Bertz CT molecular complexity index is 775. The van der Waals surface area contributed by atoms with Crippen LogP contribution >= 0.6 is 0 Å². The van der Waals surface area contributed by atoms with Gasteiger partial charge in [-0.2, -0.15) is 0 Å². The Morgan fingerprint density at radius 2 is 2.00 bits per heavy atom. The van der Waals surface area contributed by atoms with Crippen molar-refractivity contribution in [1.82, 2.24) is 4.90 Å². The maximum atomic E-state index is 12.7. The van der Waals surface area contributed by atoms with Crippen molar-refractivity contribution < 1.29 is 22.5 Å². The topological polar surface area (TPSA) is 38.8 Å². The second-order valence-electron chi connectivity index (χ2n) is 6.96. The lowest BCUT2D eigenvalue weighted by atomic mass is 9.80. The van der Waals surface area contributed by atoms with E-state index in [9.17, 15) is 4.79 Å². The van der Waals surface area contributed by atoms with Crippen molar-refractivity contribution in [2.24, 2.45) is 11.8 Å². The molecule has 0 amide bonds. The van der Waals surface area contributed by atoms with Gasteiger partial charge < -0.3 is 9.47 Å². The van der Waals surface area contributed by atoms with Gasteiger partial charge in [0.05, 0.1) is 22.3 Å². The van der Waals surface area contributed by atoms with Crippen LogP contribution in [0.15, 0.2) is 12.1 Å². The van der Waals surface area contributed by atoms with Gasteiger partial charge in [-0.1, -0.05) is 21.3 Å². The van der Waals surface area contributed by atoms with Crippen LogP contribution in [-0.2, 0) is 11.2 Å². The number of carbonyl (C=O) groups is 1. The first-order chi connectivity index (χ1) is 13.3. The van der Waals surface area contributed by atoms with Gasteiger partial charge in [0, 0.05) is 31.5 Å². The molecule has 0 spiro atoms. The van der Waals surface area contributed by atoms with Crippen molar-refractivity contribution >= 4 is 5.78 Å². The summed E-state index contributed by atoms with van der Waals surface area (Å²) in [6.45, 7) is 5.65. The fourth-order valence-corrected chi connectivity index (χ4v) is 3.90. The maximum absolute atomic E-state index is 12.7. The van der Waals surface area contributed by atoms with Crippen molar-refractivity contribution in [3.63, 3.8) is 0 Å². The number of hydrogen-bond acceptors (Lipinski definition) is 4. The highest BCUT2D eigenvalue weighted by Gasteiger charge is 2.38. The highest BCUT2D eigenvalue weighted by molar-refractivity contribution is 5.83. The van der Waals surface area contributed by atoms with E-state index in [1.165, 1.54) is 6.07 Å². The molecule has 2 aliphatic rings. The second kappa shape index (κ2) is 7.56. The molecular weight excluding hydrogens is 302 g/mol. The van der Waals surface area contributed by atoms with Crippen LogP contribution in [0.2, 0.25) is 0 Å². The first-order valence-electron chi connectivity index (χ1n) is 11.1. The fourth-order valence-electron chi connectivity index (χ4n) is 3.90. The van der Waals surface area contributed by atoms with Gasteiger partial charge in [-0.25, -0.2) is 0 Å². The van der Waals surface area contributed by atoms with Gasteiger partial charge in [-0.05, 0) is 42.0 Å². The number of nitrogens with zero attached hydrogens (tertiary/aromatic N) is 1. The highest BCUT2D eigenvalue weighted by Crippen LogP contribution is 2.42. The van der Waals surface area contributed by atoms with E-state index < -0.39 is 14.1 Å². The summed E-state index contributed by atoms with van der Waals surface area (Å²) in [7, 11) is -5.48. The summed E-state index contributed by atoms with van der Waals surface area (Å²) in [4.78, 5) is 15.0. The third kappa shape index (κ3) is 3.44. The Labute approximate surface area is 154 Å². The lowest BCUT2D eigenvalue weighted by Crippen LogP contribution is -2.46. The Balaban J connectivity index is 0.00000320. The minimum absolute atomic E-state index is 0. The molecule has 2 heterocycles. The van der Waals surface area contributed by atoms with E-state index in [0.717, 1.165) is 24.1 Å². The second-order valence-corrected chi connectivity index (χ2v) is 6.96. The lowest BCUT2D eigenvalue weighted by Gasteiger charge is -2.43. The molecule has 0 radical (unpaired) electrons. The number of hydrogen-bond donors (Lipinski definition) is 0. The summed E-state index contributed by atoms with van der Waals surface area (Å²) in [5.41, 5.74) is 1.67. The molecule has 0 saturated carbocycles. The minimum atomic E-state index is -2.75. The molecule has 134 valence electrons. The van der Waals surface area contributed by atoms with E-state index >= 15 is 0 Å². The van der Waals surface area contributed by atoms with E-state index in [2.05, 4.69) is 18.7 Å². The lowest BCUT2D eigenvalue weighted by molar-refractivity contribution is -0.129. The molecule has 0 unspecified atom stereocenters. The summed E-state index contributed by atoms with van der Waals surface area (Å²) in [5.74, 6) is 0.418. The Hall–Kier alpha value is -1.55. The molecule has 1 saturated heterocycles. The molecule has 24 heavy (non-hydrogen) atoms. The Kier molecular flexibility index (Phi) is 3.75. The monoisotopic (exact) mass is 339 g/mol. The van der Waals surface area contributed by atoms with Gasteiger partial charge in [0.2, 0.25) is 0 Å². The molecule has 2 atom stereocenters.